The number of rotatable bonds is 2. The van der Waals surface area contributed by atoms with Gasteiger partial charge in [0.2, 0.25) is 0 Å². The molecule has 0 saturated heterocycles. The molecule has 0 fully saturated rings. The minimum Gasteiger partial charge on any atom is -0.320 e. The van der Waals surface area contributed by atoms with Gasteiger partial charge in [0, 0.05) is 0 Å². The molecule has 0 amide bonds. The molecule has 0 rings (SSSR count). The van der Waals surface area contributed by atoms with E-state index in [0.717, 1.165) is 0 Å². The van der Waals surface area contributed by atoms with Gasteiger partial charge in [0.25, 0.3) is 0 Å². The van der Waals surface area contributed by atoms with Crippen LogP contribution in [0.3, 0.4) is 0 Å². The normalized spacial score (nSPS) is 8.40. The monoisotopic (exact) mass is 94.0 g/mol. The first kappa shape index (κ1) is 5.06. The van der Waals surface area contributed by atoms with Crippen molar-refractivity contribution in [2.45, 2.75) is 0 Å². The van der Waals surface area contributed by atoms with E-state index in [1.807, 2.05) is 0 Å². The number of nitrogens with two attached hydrogens (primary N) is 2. The van der Waals surface area contributed by atoms with Gasteiger partial charge in [-0.3, -0.25) is 0 Å². The molecule has 0 heterocycles. The molecular weight excluding hydrogens is 88.1 g/mol. The van der Waals surface area contributed by atoms with Gasteiger partial charge in [-0.15, -0.1) is 0 Å². The van der Waals surface area contributed by atoms with Crippen LogP contribution in [-0.2, 0) is 9.05 Å². The van der Waals surface area contributed by atoms with E-state index in [4.69, 9.17) is 0 Å². The third-order valence-corrected chi connectivity index (χ3v) is 0.408. The molecule has 4 N–H and O–H groups in total. The molecule has 0 aromatic heterocycles. The van der Waals surface area contributed by atoms with Crippen molar-refractivity contribution in [3.63, 3.8) is 0 Å². The smallest absolute Gasteiger partial charge is 0.320 e. The van der Waals surface area contributed by atoms with Crippen LogP contribution in [0.2, 0.25) is 0 Å². The Morgan fingerprint density at radius 1 is 1.20 bits per heavy atom. The summed E-state index contributed by atoms with van der Waals surface area (Å²) < 4.78 is 7.97. The first-order chi connectivity index (χ1) is 2.41. The van der Waals surface area contributed by atoms with Gasteiger partial charge in [-0.2, -0.15) is 0 Å². The van der Waals surface area contributed by atoms with E-state index in [0.29, 0.717) is 0 Å². The van der Waals surface area contributed by atoms with Gasteiger partial charge in [0.05, 0.1) is 0 Å². The summed E-state index contributed by atoms with van der Waals surface area (Å²) in [5.74, 6) is 8.99. The third-order valence-electron chi connectivity index (χ3n) is 0.136. The van der Waals surface area contributed by atoms with Crippen LogP contribution in [0, 0.1) is 0 Å². The maximum Gasteiger partial charge on any atom is 0.345 e. The van der Waals surface area contributed by atoms with Gasteiger partial charge in [-0.25, -0.2) is 11.8 Å². The molecule has 32 valence electrons. The Bertz CT molecular complexity index is 15.1. The minimum atomic E-state index is -1.01. The standard InChI is InChI=1S/H6N2O2Si/c1-3-5-4-2/h1-2,5H2. The van der Waals surface area contributed by atoms with E-state index in [1.165, 1.54) is 0 Å². The van der Waals surface area contributed by atoms with E-state index >= 15 is 0 Å². The Hall–Kier alpha value is 0.0569. The average molecular weight is 94.1 g/mol. The van der Waals surface area contributed by atoms with E-state index in [1.54, 1.807) is 0 Å². The van der Waals surface area contributed by atoms with Gasteiger partial charge < -0.3 is 9.05 Å². The predicted octanol–water partition coefficient (Wildman–Crippen LogP) is -2.23. The number of hydrogen-bond donors (Lipinski definition) is 2. The van der Waals surface area contributed by atoms with Crippen LogP contribution in [-0.4, -0.2) is 10.0 Å². The van der Waals surface area contributed by atoms with Crippen molar-refractivity contribution in [2.75, 3.05) is 0 Å². The van der Waals surface area contributed by atoms with Crippen molar-refractivity contribution in [3.05, 3.63) is 0 Å². The van der Waals surface area contributed by atoms with Crippen molar-refractivity contribution in [1.29, 1.82) is 0 Å². The van der Waals surface area contributed by atoms with Gasteiger partial charge in [0.15, 0.2) is 0 Å². The molecule has 4 nitrogen and oxygen atoms in total. The maximum atomic E-state index is 4.50. The Morgan fingerprint density at radius 3 is 1.60 bits per heavy atom. The Labute approximate surface area is 32.0 Å². The molecule has 0 aromatic carbocycles. The molecule has 0 unspecified atom stereocenters. The molecule has 0 bridgehead atoms. The second-order valence-electron chi connectivity index (χ2n) is 0.451. The van der Waals surface area contributed by atoms with Crippen LogP contribution >= 0.6 is 0 Å². The summed E-state index contributed by atoms with van der Waals surface area (Å²) in [6, 6.07) is 0. The summed E-state index contributed by atoms with van der Waals surface area (Å²) in [4.78, 5) is 0. The van der Waals surface area contributed by atoms with Crippen LogP contribution in [0.4, 0.5) is 0 Å². The quantitative estimate of drug-likeness (QED) is 0.300. The zero-order valence-electron chi connectivity index (χ0n) is 2.68. The Morgan fingerprint density at radius 2 is 1.60 bits per heavy atom. The lowest BCUT2D eigenvalue weighted by Crippen LogP contribution is -2.12. The van der Waals surface area contributed by atoms with E-state index in [9.17, 15) is 0 Å². The van der Waals surface area contributed by atoms with Gasteiger partial charge in [-0.05, 0) is 0 Å². The summed E-state index contributed by atoms with van der Waals surface area (Å²) in [5.41, 5.74) is 0. The number of hydrogen-bond acceptors (Lipinski definition) is 4. The van der Waals surface area contributed by atoms with Crippen molar-refractivity contribution in [3.8, 4) is 0 Å². The highest BCUT2D eigenvalue weighted by molar-refractivity contribution is 6.17. The van der Waals surface area contributed by atoms with E-state index in [-0.39, 0.29) is 0 Å². The van der Waals surface area contributed by atoms with Gasteiger partial charge in [0.1, 0.15) is 0 Å². The predicted molar refractivity (Wildman–Crippen MR) is 19.1 cm³/mol. The van der Waals surface area contributed by atoms with Crippen LogP contribution < -0.4 is 11.8 Å². The molecule has 0 saturated carbocycles. The fraction of sp³-hybridized carbons (Fsp3) is 0. The third kappa shape index (κ3) is 4.06. The van der Waals surface area contributed by atoms with Crippen molar-refractivity contribution in [2.24, 2.45) is 11.8 Å². The summed E-state index contributed by atoms with van der Waals surface area (Å²) in [6.07, 6.45) is 0. The van der Waals surface area contributed by atoms with Gasteiger partial charge in [-0.1, -0.05) is 0 Å². The summed E-state index contributed by atoms with van der Waals surface area (Å²) in [5, 5.41) is 0. The molecule has 0 aliphatic carbocycles. The van der Waals surface area contributed by atoms with Crippen molar-refractivity contribution in [1.82, 2.24) is 0 Å². The summed E-state index contributed by atoms with van der Waals surface area (Å²) in [7, 11) is -1.01. The van der Waals surface area contributed by atoms with E-state index in [2.05, 4.69) is 20.8 Å². The fourth-order valence-electron chi connectivity index (χ4n) is 0.0393. The van der Waals surface area contributed by atoms with E-state index < -0.39 is 10.0 Å². The minimum absolute atomic E-state index is 1.01. The average Bonchev–Trinajstić information content (AvgIpc) is 1.41. The Kier molecular flexibility index (Phi) is 4.10. The van der Waals surface area contributed by atoms with Crippen LogP contribution in [0.25, 0.3) is 0 Å². The SMILES string of the molecule is NO[SiH2]ON. The van der Waals surface area contributed by atoms with Crippen LogP contribution in [0.5, 0.6) is 0 Å². The zero-order valence-corrected chi connectivity index (χ0v) is 4.09. The molecule has 0 aromatic rings. The highest BCUT2D eigenvalue weighted by Gasteiger charge is 1.69. The lowest BCUT2D eigenvalue weighted by Gasteiger charge is -1.85. The highest BCUT2D eigenvalue weighted by atomic mass is 28.3. The topological polar surface area (TPSA) is 70.5 Å². The zero-order chi connectivity index (χ0) is 4.12. The molecule has 0 radical (unpaired) electrons. The first-order valence-corrected chi connectivity index (χ1v) is 2.20. The lowest BCUT2D eigenvalue weighted by atomic mass is 13.6. The maximum absolute atomic E-state index is 4.50. The molecule has 5 heavy (non-hydrogen) atoms. The summed E-state index contributed by atoms with van der Waals surface area (Å²) >= 11 is 0. The van der Waals surface area contributed by atoms with Crippen molar-refractivity contribution >= 4 is 10.0 Å². The molecule has 0 spiro atoms. The fourth-order valence-corrected chi connectivity index (χ4v) is 0.118. The second-order valence-corrected chi connectivity index (χ2v) is 1.35. The van der Waals surface area contributed by atoms with Gasteiger partial charge >= 0.3 is 10.0 Å². The Balaban J connectivity index is 2.19. The van der Waals surface area contributed by atoms with Crippen LogP contribution in [0.1, 0.15) is 0 Å². The highest BCUT2D eigenvalue weighted by Crippen LogP contribution is 1.44. The summed E-state index contributed by atoms with van der Waals surface area (Å²) in [6.45, 7) is 0. The second kappa shape index (κ2) is 4.06. The molecule has 0 atom stereocenters. The van der Waals surface area contributed by atoms with Crippen molar-refractivity contribution < 1.29 is 9.05 Å². The molecule has 0 aliphatic rings. The first-order valence-electron chi connectivity index (χ1n) is 1.05. The molecular formula is H6N2O2Si. The molecule has 0 aliphatic heterocycles. The lowest BCUT2D eigenvalue weighted by molar-refractivity contribution is 0.231. The largest absolute Gasteiger partial charge is 0.345 e. The van der Waals surface area contributed by atoms with Crippen LogP contribution in [0.15, 0.2) is 0 Å². The molecule has 5 heteroatoms.